The third kappa shape index (κ3) is 3.73. The van der Waals surface area contributed by atoms with Gasteiger partial charge in [-0.2, -0.15) is 5.10 Å². The summed E-state index contributed by atoms with van der Waals surface area (Å²) in [6.07, 6.45) is 6.52. The lowest BCUT2D eigenvalue weighted by atomic mass is 10.0. The van der Waals surface area contributed by atoms with Crippen LogP contribution in [0.2, 0.25) is 5.02 Å². The predicted molar refractivity (Wildman–Crippen MR) is 132 cm³/mol. The van der Waals surface area contributed by atoms with E-state index < -0.39 is 0 Å². The molecule has 34 heavy (non-hydrogen) atoms. The number of methoxy groups -OCH3 is 1. The molecule has 0 aliphatic heterocycles. The fraction of sp³-hybridized carbons (Fsp3) is 0.208. The van der Waals surface area contributed by atoms with Crippen LogP contribution in [0.3, 0.4) is 0 Å². The number of hydrogen-bond acceptors (Lipinski definition) is 7. The minimum atomic E-state index is -0.275. The van der Waals surface area contributed by atoms with E-state index in [1.807, 2.05) is 24.3 Å². The lowest BCUT2D eigenvalue weighted by Crippen LogP contribution is -2.23. The lowest BCUT2D eigenvalue weighted by molar-refractivity contribution is 0.410. The van der Waals surface area contributed by atoms with Crippen LogP contribution in [-0.2, 0) is 5.54 Å². The normalized spacial score (nSPS) is 11.8. The van der Waals surface area contributed by atoms with E-state index in [1.165, 1.54) is 6.33 Å². The molecule has 10 heteroatoms. The Labute approximate surface area is 201 Å². The van der Waals surface area contributed by atoms with Crippen LogP contribution < -0.4 is 10.5 Å². The summed E-state index contributed by atoms with van der Waals surface area (Å²) in [5.74, 6) is 1.54. The van der Waals surface area contributed by atoms with Crippen LogP contribution in [0.4, 0.5) is 5.95 Å². The number of halogens is 1. The van der Waals surface area contributed by atoms with Crippen molar-refractivity contribution in [2.75, 3.05) is 12.8 Å². The Kier molecular flexibility index (Phi) is 5.21. The molecule has 172 valence electrons. The van der Waals surface area contributed by atoms with Gasteiger partial charge in [0, 0.05) is 29.1 Å². The van der Waals surface area contributed by atoms with E-state index in [-0.39, 0.29) is 11.5 Å². The van der Waals surface area contributed by atoms with Crippen molar-refractivity contribution >= 4 is 28.6 Å². The van der Waals surface area contributed by atoms with Crippen LogP contribution in [0.25, 0.3) is 39.2 Å². The van der Waals surface area contributed by atoms with Gasteiger partial charge in [-0.25, -0.2) is 24.6 Å². The summed E-state index contributed by atoms with van der Waals surface area (Å²) >= 11 is 6.48. The number of rotatable bonds is 4. The molecule has 0 fully saturated rings. The van der Waals surface area contributed by atoms with E-state index in [4.69, 9.17) is 27.1 Å². The Balaban J connectivity index is 1.79. The van der Waals surface area contributed by atoms with Gasteiger partial charge >= 0.3 is 0 Å². The molecule has 0 atom stereocenters. The number of nitrogens with zero attached hydrogens (tertiary/aromatic N) is 7. The zero-order chi connectivity index (χ0) is 24.0. The fourth-order valence-electron chi connectivity index (χ4n) is 4.01. The first kappa shape index (κ1) is 21.8. The second kappa shape index (κ2) is 8.11. The summed E-state index contributed by atoms with van der Waals surface area (Å²) < 4.78 is 9.40. The van der Waals surface area contributed by atoms with Crippen LogP contribution in [-0.4, -0.2) is 41.4 Å². The zero-order valence-corrected chi connectivity index (χ0v) is 19.9. The number of anilines is 1. The molecule has 5 rings (SSSR count). The third-order valence-corrected chi connectivity index (χ3v) is 5.80. The molecule has 0 amide bonds. The van der Waals surface area contributed by atoms with Gasteiger partial charge in [-0.15, -0.1) is 0 Å². The Morgan fingerprint density at radius 2 is 1.79 bits per heavy atom. The molecule has 3 aromatic heterocycles. The maximum atomic E-state index is 6.48. The minimum Gasteiger partial charge on any atom is -0.495 e. The average Bonchev–Trinajstić information content (AvgIpc) is 3.46. The van der Waals surface area contributed by atoms with E-state index in [0.717, 1.165) is 39.2 Å². The maximum Gasteiger partial charge on any atom is 0.219 e. The predicted octanol–water partition coefficient (Wildman–Crippen LogP) is 4.74. The van der Waals surface area contributed by atoms with Gasteiger partial charge < -0.3 is 15.0 Å². The molecule has 0 unspecified atom stereocenters. The van der Waals surface area contributed by atoms with Gasteiger partial charge in [-0.3, -0.25) is 0 Å². The molecule has 9 nitrogen and oxygen atoms in total. The van der Waals surface area contributed by atoms with Gasteiger partial charge in [-0.1, -0.05) is 17.7 Å². The minimum absolute atomic E-state index is 0.237. The Bertz CT molecular complexity index is 1480. The molecule has 0 bridgehead atoms. The number of hydrogen-bond donors (Lipinski definition) is 1. The second-order valence-electron chi connectivity index (χ2n) is 8.82. The summed E-state index contributed by atoms with van der Waals surface area (Å²) in [7, 11) is 1.59. The quantitative estimate of drug-likeness (QED) is 0.400. The molecule has 0 aliphatic rings. The molecule has 0 spiro atoms. The molecular weight excluding hydrogens is 452 g/mol. The molecule has 3 heterocycles. The number of imidazole rings is 1. The number of ether oxygens (including phenoxy) is 1. The Morgan fingerprint density at radius 3 is 2.44 bits per heavy atom. The van der Waals surface area contributed by atoms with Gasteiger partial charge in [0.25, 0.3) is 0 Å². The molecule has 2 aromatic carbocycles. The van der Waals surface area contributed by atoms with E-state index in [1.54, 1.807) is 30.5 Å². The monoisotopic (exact) mass is 474 g/mol. The van der Waals surface area contributed by atoms with Crippen molar-refractivity contribution in [2.45, 2.75) is 26.3 Å². The van der Waals surface area contributed by atoms with Crippen LogP contribution in [0, 0.1) is 0 Å². The SMILES string of the molecule is COc1cc(-c2nc3cc(-c4cnc(N)nc4)ccc3n2C(C)(C)C)c(-n2cncn2)cc1Cl. The van der Waals surface area contributed by atoms with E-state index >= 15 is 0 Å². The van der Waals surface area contributed by atoms with Crippen LogP contribution in [0.5, 0.6) is 5.75 Å². The smallest absolute Gasteiger partial charge is 0.219 e. The first-order valence-electron chi connectivity index (χ1n) is 10.6. The number of aromatic nitrogens is 7. The van der Waals surface area contributed by atoms with Gasteiger partial charge in [0.15, 0.2) is 0 Å². The molecule has 0 radical (unpaired) electrons. The molecule has 0 saturated heterocycles. The molecule has 5 aromatic rings. The van der Waals surface area contributed by atoms with Crippen molar-refractivity contribution in [3.8, 4) is 34.0 Å². The molecule has 0 saturated carbocycles. The summed E-state index contributed by atoms with van der Waals surface area (Å²) in [5, 5.41) is 4.79. The average molecular weight is 475 g/mol. The first-order chi connectivity index (χ1) is 16.3. The highest BCUT2D eigenvalue weighted by atomic mass is 35.5. The number of fused-ring (bicyclic) bond motifs is 1. The highest BCUT2D eigenvalue weighted by Crippen LogP contribution is 2.39. The topological polar surface area (TPSA) is 110 Å². The number of nitrogens with two attached hydrogens (primary N) is 1. The molecule has 2 N–H and O–H groups in total. The highest BCUT2D eigenvalue weighted by molar-refractivity contribution is 6.32. The van der Waals surface area contributed by atoms with Gasteiger partial charge in [0.2, 0.25) is 5.95 Å². The highest BCUT2D eigenvalue weighted by Gasteiger charge is 2.26. The van der Waals surface area contributed by atoms with Crippen molar-refractivity contribution in [2.24, 2.45) is 0 Å². The Morgan fingerprint density at radius 1 is 1.03 bits per heavy atom. The van der Waals surface area contributed by atoms with Crippen LogP contribution >= 0.6 is 11.6 Å². The summed E-state index contributed by atoms with van der Waals surface area (Å²) in [6.45, 7) is 6.42. The van der Waals surface area contributed by atoms with E-state index in [9.17, 15) is 0 Å². The number of benzene rings is 2. The lowest BCUT2D eigenvalue weighted by Gasteiger charge is -2.25. The van der Waals surface area contributed by atoms with Crippen molar-refractivity contribution < 1.29 is 4.74 Å². The van der Waals surface area contributed by atoms with Crippen molar-refractivity contribution in [3.05, 3.63) is 60.4 Å². The maximum absolute atomic E-state index is 6.48. The van der Waals surface area contributed by atoms with Gasteiger partial charge in [0.05, 0.1) is 28.9 Å². The second-order valence-corrected chi connectivity index (χ2v) is 9.23. The summed E-state index contributed by atoms with van der Waals surface area (Å²) in [4.78, 5) is 17.4. The van der Waals surface area contributed by atoms with Crippen molar-refractivity contribution in [1.82, 2.24) is 34.3 Å². The van der Waals surface area contributed by atoms with E-state index in [2.05, 4.69) is 51.5 Å². The summed E-state index contributed by atoms with van der Waals surface area (Å²) in [6, 6.07) is 9.82. The van der Waals surface area contributed by atoms with Crippen LogP contribution in [0.15, 0.2) is 55.4 Å². The molecule has 0 aliphatic carbocycles. The van der Waals surface area contributed by atoms with Gasteiger partial charge in [0.1, 0.15) is 24.2 Å². The largest absolute Gasteiger partial charge is 0.495 e. The zero-order valence-electron chi connectivity index (χ0n) is 19.2. The summed E-state index contributed by atoms with van der Waals surface area (Å²) in [5.41, 5.74) is 10.6. The van der Waals surface area contributed by atoms with E-state index in [0.29, 0.717) is 10.8 Å². The standard InChI is InChI=1S/C24H23ClN8O/c1-24(2,3)33-19-6-5-14(15-10-28-23(26)29-11-15)7-18(19)31-22(33)16-8-21(34-4)17(25)9-20(16)32-13-27-12-30-32/h5-13H,1-4H3,(H2,26,28,29). The Hall–Kier alpha value is -3.98. The van der Waals surface area contributed by atoms with Crippen molar-refractivity contribution in [1.29, 1.82) is 0 Å². The molecular formula is C24H23ClN8O. The first-order valence-corrected chi connectivity index (χ1v) is 11.0. The third-order valence-electron chi connectivity index (χ3n) is 5.51. The number of nitrogen functional groups attached to an aromatic ring is 1. The van der Waals surface area contributed by atoms with Crippen LogP contribution in [0.1, 0.15) is 20.8 Å². The fourth-order valence-corrected chi connectivity index (χ4v) is 4.24. The van der Waals surface area contributed by atoms with Crippen molar-refractivity contribution in [3.63, 3.8) is 0 Å². The van der Waals surface area contributed by atoms with Gasteiger partial charge in [-0.05, 0) is 50.6 Å².